The van der Waals surface area contributed by atoms with E-state index in [-0.39, 0.29) is 18.4 Å². The van der Waals surface area contributed by atoms with Crippen LogP contribution in [0.15, 0.2) is 22.7 Å². The standard InChI is InChI=1S/C20H28BrF2NO3/c1-14-16(21)6-5-7-17(14)26-13-20(22,23)12-15-8-10-24(11-9-15)18(25)27-19(2,3)4/h5-7,15H,8-13H2,1-4H3. The molecule has 1 saturated heterocycles. The molecule has 27 heavy (non-hydrogen) atoms. The first-order valence-corrected chi connectivity index (χ1v) is 10.00. The number of hydrogen-bond donors (Lipinski definition) is 0. The molecule has 0 N–H and O–H groups in total. The number of alkyl halides is 2. The van der Waals surface area contributed by atoms with Crippen LogP contribution in [0.2, 0.25) is 0 Å². The number of nitrogens with zero attached hydrogens (tertiary/aromatic N) is 1. The van der Waals surface area contributed by atoms with Crippen molar-refractivity contribution < 1.29 is 23.0 Å². The molecule has 1 aliphatic heterocycles. The number of hydrogen-bond acceptors (Lipinski definition) is 3. The van der Waals surface area contributed by atoms with Crippen LogP contribution in [0.1, 0.15) is 45.6 Å². The van der Waals surface area contributed by atoms with E-state index in [0.29, 0.717) is 31.7 Å². The number of carbonyl (C=O) groups is 1. The minimum Gasteiger partial charge on any atom is -0.487 e. The van der Waals surface area contributed by atoms with Crippen molar-refractivity contribution in [3.63, 3.8) is 0 Å². The van der Waals surface area contributed by atoms with Crippen molar-refractivity contribution in [2.45, 2.75) is 58.5 Å². The summed E-state index contributed by atoms with van der Waals surface area (Å²) >= 11 is 3.37. The zero-order valence-corrected chi connectivity index (χ0v) is 17.9. The highest BCUT2D eigenvalue weighted by Gasteiger charge is 2.36. The predicted octanol–water partition coefficient (Wildman–Crippen LogP) is 5.81. The number of halogens is 3. The topological polar surface area (TPSA) is 38.8 Å². The molecule has 0 atom stereocenters. The van der Waals surface area contributed by atoms with E-state index in [1.807, 2.05) is 33.8 Å². The smallest absolute Gasteiger partial charge is 0.410 e. The van der Waals surface area contributed by atoms with E-state index in [0.717, 1.165) is 10.0 Å². The van der Waals surface area contributed by atoms with Crippen molar-refractivity contribution in [2.75, 3.05) is 19.7 Å². The molecule has 0 radical (unpaired) electrons. The van der Waals surface area contributed by atoms with Crippen molar-refractivity contribution in [1.29, 1.82) is 0 Å². The SMILES string of the molecule is Cc1c(Br)cccc1OCC(F)(F)CC1CCN(C(=O)OC(C)(C)C)CC1. The summed E-state index contributed by atoms with van der Waals surface area (Å²) < 4.78 is 40.3. The van der Waals surface area contributed by atoms with Crippen LogP contribution in [0.3, 0.4) is 0 Å². The van der Waals surface area contributed by atoms with Gasteiger partial charge in [-0.1, -0.05) is 22.0 Å². The minimum absolute atomic E-state index is 0.133. The summed E-state index contributed by atoms with van der Waals surface area (Å²) in [5.74, 6) is -2.58. The van der Waals surface area contributed by atoms with Crippen molar-refractivity contribution in [2.24, 2.45) is 5.92 Å². The third-order valence-corrected chi connectivity index (χ3v) is 5.37. The van der Waals surface area contributed by atoms with Gasteiger partial charge in [-0.15, -0.1) is 0 Å². The highest BCUT2D eigenvalue weighted by molar-refractivity contribution is 9.10. The molecular formula is C20H28BrF2NO3. The second-order valence-electron chi connectivity index (χ2n) is 8.12. The summed E-state index contributed by atoms with van der Waals surface area (Å²) in [6.07, 6.45) is 0.485. The highest BCUT2D eigenvalue weighted by atomic mass is 79.9. The molecule has 1 amide bonds. The predicted molar refractivity (Wildman–Crippen MR) is 104 cm³/mol. The Bertz CT molecular complexity index is 653. The van der Waals surface area contributed by atoms with Gasteiger partial charge in [0.1, 0.15) is 11.4 Å². The van der Waals surface area contributed by atoms with E-state index in [2.05, 4.69) is 15.9 Å². The first-order valence-electron chi connectivity index (χ1n) is 9.20. The summed E-state index contributed by atoms with van der Waals surface area (Å²) in [5.41, 5.74) is 0.252. The fourth-order valence-corrected chi connectivity index (χ4v) is 3.40. The maximum absolute atomic E-state index is 14.4. The van der Waals surface area contributed by atoms with E-state index >= 15 is 0 Å². The van der Waals surface area contributed by atoms with E-state index in [9.17, 15) is 13.6 Å². The molecule has 0 aliphatic carbocycles. The molecule has 0 bridgehead atoms. The Kier molecular flexibility index (Phi) is 7.11. The molecule has 0 saturated carbocycles. The van der Waals surface area contributed by atoms with Crippen LogP contribution in [0, 0.1) is 12.8 Å². The molecular weight excluding hydrogens is 420 g/mol. The van der Waals surface area contributed by atoms with E-state index < -0.39 is 18.1 Å². The molecule has 1 heterocycles. The number of rotatable bonds is 5. The molecule has 1 aliphatic rings. The van der Waals surface area contributed by atoms with Gasteiger partial charge in [0.15, 0.2) is 6.61 Å². The van der Waals surface area contributed by atoms with Crippen LogP contribution < -0.4 is 4.74 Å². The average Bonchev–Trinajstić information content (AvgIpc) is 2.55. The van der Waals surface area contributed by atoms with Gasteiger partial charge in [0.25, 0.3) is 5.92 Å². The van der Waals surface area contributed by atoms with Crippen LogP contribution in [0.4, 0.5) is 13.6 Å². The van der Waals surface area contributed by atoms with Gasteiger partial charge >= 0.3 is 6.09 Å². The number of piperidine rings is 1. The quantitative estimate of drug-likeness (QED) is 0.571. The lowest BCUT2D eigenvalue weighted by Crippen LogP contribution is -2.42. The Hall–Kier alpha value is -1.37. The van der Waals surface area contributed by atoms with Gasteiger partial charge in [-0.05, 0) is 58.6 Å². The van der Waals surface area contributed by atoms with Crippen molar-refractivity contribution in [3.05, 3.63) is 28.2 Å². The summed E-state index contributed by atoms with van der Waals surface area (Å²) in [5, 5.41) is 0. The number of benzene rings is 1. The molecule has 4 nitrogen and oxygen atoms in total. The molecule has 1 aromatic rings. The molecule has 1 fully saturated rings. The summed E-state index contributed by atoms with van der Waals surface area (Å²) in [7, 11) is 0. The number of carbonyl (C=O) groups excluding carboxylic acids is 1. The van der Waals surface area contributed by atoms with Crippen LogP contribution >= 0.6 is 15.9 Å². The Morgan fingerprint density at radius 2 is 1.89 bits per heavy atom. The summed E-state index contributed by atoms with van der Waals surface area (Å²) in [4.78, 5) is 13.7. The lowest BCUT2D eigenvalue weighted by Gasteiger charge is -2.34. The first kappa shape index (κ1) is 21.9. The normalized spacial score (nSPS) is 16.3. The second-order valence-corrected chi connectivity index (χ2v) is 8.98. The Labute approximate surface area is 168 Å². The average molecular weight is 448 g/mol. The van der Waals surface area contributed by atoms with Crippen LogP contribution in [-0.2, 0) is 4.74 Å². The Balaban J connectivity index is 1.81. The lowest BCUT2D eigenvalue weighted by atomic mass is 9.91. The zero-order chi connectivity index (χ0) is 20.2. The van der Waals surface area contributed by atoms with Crippen LogP contribution in [0.25, 0.3) is 0 Å². The Morgan fingerprint density at radius 1 is 1.26 bits per heavy atom. The van der Waals surface area contributed by atoms with E-state index in [4.69, 9.17) is 9.47 Å². The molecule has 0 spiro atoms. The van der Waals surface area contributed by atoms with Gasteiger partial charge in [0.05, 0.1) is 0 Å². The molecule has 7 heteroatoms. The van der Waals surface area contributed by atoms with Gasteiger partial charge in [-0.2, -0.15) is 0 Å². The van der Waals surface area contributed by atoms with Gasteiger partial charge in [-0.3, -0.25) is 0 Å². The number of ether oxygens (including phenoxy) is 2. The summed E-state index contributed by atoms with van der Waals surface area (Å²) in [6.45, 7) is 7.50. The number of likely N-dealkylation sites (tertiary alicyclic amines) is 1. The van der Waals surface area contributed by atoms with Gasteiger partial charge < -0.3 is 14.4 Å². The molecule has 152 valence electrons. The largest absolute Gasteiger partial charge is 0.487 e. The minimum atomic E-state index is -2.91. The molecule has 2 rings (SSSR count). The molecule has 0 unspecified atom stereocenters. The third kappa shape index (κ3) is 6.94. The zero-order valence-electron chi connectivity index (χ0n) is 16.4. The van der Waals surface area contributed by atoms with Crippen LogP contribution in [0.5, 0.6) is 5.75 Å². The van der Waals surface area contributed by atoms with Gasteiger partial charge in [-0.25, -0.2) is 13.6 Å². The lowest BCUT2D eigenvalue weighted by molar-refractivity contribution is -0.0655. The second kappa shape index (κ2) is 8.76. The van der Waals surface area contributed by atoms with Crippen molar-refractivity contribution in [1.82, 2.24) is 4.90 Å². The van der Waals surface area contributed by atoms with E-state index in [1.165, 1.54) is 0 Å². The number of amides is 1. The highest BCUT2D eigenvalue weighted by Crippen LogP contribution is 2.32. The van der Waals surface area contributed by atoms with Crippen molar-refractivity contribution >= 4 is 22.0 Å². The first-order chi connectivity index (χ1) is 12.5. The van der Waals surface area contributed by atoms with E-state index in [1.54, 1.807) is 17.0 Å². The van der Waals surface area contributed by atoms with Gasteiger partial charge in [0, 0.05) is 29.5 Å². The summed E-state index contributed by atoms with van der Waals surface area (Å²) in [6, 6.07) is 5.30. The maximum atomic E-state index is 14.4. The third-order valence-electron chi connectivity index (χ3n) is 4.51. The fraction of sp³-hybridized carbons (Fsp3) is 0.650. The molecule has 0 aromatic heterocycles. The Morgan fingerprint density at radius 3 is 2.48 bits per heavy atom. The van der Waals surface area contributed by atoms with Crippen molar-refractivity contribution in [3.8, 4) is 5.75 Å². The molecule has 1 aromatic carbocycles. The van der Waals surface area contributed by atoms with Crippen LogP contribution in [-0.4, -0.2) is 42.2 Å². The monoisotopic (exact) mass is 447 g/mol. The van der Waals surface area contributed by atoms with Gasteiger partial charge in [0.2, 0.25) is 0 Å². The maximum Gasteiger partial charge on any atom is 0.410 e. The fourth-order valence-electron chi connectivity index (χ4n) is 3.05.